The van der Waals surface area contributed by atoms with E-state index in [1.165, 1.54) is 6.42 Å². The van der Waals surface area contributed by atoms with Crippen LogP contribution >= 0.6 is 0 Å². The predicted molar refractivity (Wildman–Crippen MR) is 165 cm³/mol. The molecule has 1 saturated carbocycles. The molecule has 3 amide bonds. The van der Waals surface area contributed by atoms with Gasteiger partial charge in [-0.1, -0.05) is 62.9 Å². The number of phenols is 1. The van der Waals surface area contributed by atoms with E-state index >= 15 is 0 Å². The van der Waals surface area contributed by atoms with Crippen molar-refractivity contribution in [2.45, 2.75) is 117 Å². The number of benzene rings is 2. The molecule has 42 heavy (non-hydrogen) atoms. The van der Waals surface area contributed by atoms with Gasteiger partial charge in [-0.25, -0.2) is 4.79 Å². The molecule has 0 saturated heterocycles. The molecule has 8 nitrogen and oxygen atoms in total. The number of aryl methyl sites for hydroxylation is 2. The minimum atomic E-state index is -0.988. The lowest BCUT2D eigenvalue weighted by Crippen LogP contribution is -2.54. The molecular formula is C34H49N3O5. The summed E-state index contributed by atoms with van der Waals surface area (Å²) in [5, 5.41) is 15.8. The highest BCUT2D eigenvalue weighted by Gasteiger charge is 2.37. The predicted octanol–water partition coefficient (Wildman–Crippen LogP) is 6.26. The van der Waals surface area contributed by atoms with Crippen molar-refractivity contribution in [1.82, 2.24) is 15.5 Å². The zero-order valence-electron chi connectivity index (χ0n) is 26.2. The first-order chi connectivity index (χ1) is 19.9. The average molecular weight is 580 g/mol. The topological polar surface area (TPSA) is 108 Å². The van der Waals surface area contributed by atoms with Crippen molar-refractivity contribution >= 4 is 17.9 Å². The van der Waals surface area contributed by atoms with E-state index in [0.717, 1.165) is 54.4 Å². The summed E-state index contributed by atoms with van der Waals surface area (Å²) >= 11 is 0. The molecule has 2 aromatic carbocycles. The Morgan fingerprint density at radius 3 is 2.26 bits per heavy atom. The largest absolute Gasteiger partial charge is 0.508 e. The van der Waals surface area contributed by atoms with Crippen molar-refractivity contribution in [2.24, 2.45) is 0 Å². The Balaban J connectivity index is 2.03. The molecule has 2 unspecified atom stereocenters. The first kappa shape index (κ1) is 33.0. The molecule has 3 rings (SSSR count). The second-order valence-corrected chi connectivity index (χ2v) is 12.5. The molecule has 1 aliphatic carbocycles. The normalized spacial score (nSPS) is 15.4. The Labute approximate surface area is 251 Å². The van der Waals surface area contributed by atoms with E-state index in [9.17, 15) is 19.5 Å². The molecule has 230 valence electrons. The molecule has 0 heterocycles. The Kier molecular flexibility index (Phi) is 11.8. The summed E-state index contributed by atoms with van der Waals surface area (Å²) in [5.74, 6) is -0.444. The Morgan fingerprint density at radius 1 is 1.00 bits per heavy atom. The summed E-state index contributed by atoms with van der Waals surface area (Å²) < 4.78 is 5.52. The molecule has 0 spiro atoms. The fourth-order valence-corrected chi connectivity index (χ4v) is 5.35. The van der Waals surface area contributed by atoms with Gasteiger partial charge in [-0.3, -0.25) is 9.59 Å². The molecule has 1 aliphatic rings. The second-order valence-electron chi connectivity index (χ2n) is 12.5. The maximum Gasteiger partial charge on any atom is 0.408 e. The monoisotopic (exact) mass is 579 g/mol. The summed E-state index contributed by atoms with van der Waals surface area (Å²) in [6.45, 7) is 11.7. The first-order valence-electron chi connectivity index (χ1n) is 15.3. The highest BCUT2D eigenvalue weighted by Crippen LogP contribution is 2.27. The molecular weight excluding hydrogens is 530 g/mol. The van der Waals surface area contributed by atoms with Crippen LogP contribution in [0.25, 0.3) is 0 Å². The number of nitrogens with one attached hydrogen (secondary N) is 2. The van der Waals surface area contributed by atoms with Gasteiger partial charge in [0.1, 0.15) is 23.4 Å². The molecule has 8 heteroatoms. The fourth-order valence-electron chi connectivity index (χ4n) is 5.35. The fraction of sp³-hybridized carbons (Fsp3) is 0.559. The number of phenolic OH excluding ortho intramolecular Hbond substituents is 1. The van der Waals surface area contributed by atoms with Gasteiger partial charge in [0, 0.05) is 19.0 Å². The highest BCUT2D eigenvalue weighted by atomic mass is 16.6. The van der Waals surface area contributed by atoms with Crippen LogP contribution in [0, 0.1) is 13.8 Å². The second kappa shape index (κ2) is 15.1. The third-order valence-corrected chi connectivity index (χ3v) is 7.76. The third kappa shape index (κ3) is 9.78. The number of hydrogen-bond acceptors (Lipinski definition) is 5. The number of ether oxygens (including phenoxy) is 1. The maximum absolute atomic E-state index is 14.5. The van der Waals surface area contributed by atoms with Crippen LogP contribution < -0.4 is 10.6 Å². The van der Waals surface area contributed by atoms with Gasteiger partial charge in [0.05, 0.1) is 0 Å². The van der Waals surface area contributed by atoms with Crippen LogP contribution in [-0.2, 0) is 20.7 Å². The van der Waals surface area contributed by atoms with Gasteiger partial charge in [0.25, 0.3) is 0 Å². The van der Waals surface area contributed by atoms with Gasteiger partial charge in [-0.05, 0) is 88.3 Å². The molecule has 1 fully saturated rings. The van der Waals surface area contributed by atoms with Gasteiger partial charge in [-0.15, -0.1) is 0 Å². The highest BCUT2D eigenvalue weighted by molar-refractivity contribution is 5.92. The molecule has 2 atom stereocenters. The lowest BCUT2D eigenvalue weighted by molar-refractivity contribution is -0.143. The first-order valence-corrected chi connectivity index (χ1v) is 15.3. The smallest absolute Gasteiger partial charge is 0.408 e. The molecule has 2 aromatic rings. The van der Waals surface area contributed by atoms with Crippen LogP contribution in [0.15, 0.2) is 42.5 Å². The van der Waals surface area contributed by atoms with E-state index in [1.54, 1.807) is 49.9 Å². The quantitative estimate of drug-likeness (QED) is 0.291. The summed E-state index contributed by atoms with van der Waals surface area (Å²) in [7, 11) is 0. The van der Waals surface area contributed by atoms with Gasteiger partial charge >= 0.3 is 6.09 Å². The molecule has 0 aliphatic heterocycles. The summed E-state index contributed by atoms with van der Waals surface area (Å²) in [4.78, 5) is 43.2. The van der Waals surface area contributed by atoms with E-state index in [2.05, 4.69) is 10.6 Å². The number of nitrogens with zero attached hydrogens (tertiary/aromatic N) is 1. The van der Waals surface area contributed by atoms with Gasteiger partial charge in [-0.2, -0.15) is 0 Å². The zero-order valence-corrected chi connectivity index (χ0v) is 26.2. The van der Waals surface area contributed by atoms with Crippen LogP contribution in [-0.4, -0.2) is 52.1 Å². The van der Waals surface area contributed by atoms with Crippen LogP contribution in [0.3, 0.4) is 0 Å². The zero-order chi connectivity index (χ0) is 30.9. The summed E-state index contributed by atoms with van der Waals surface area (Å²) in [6.07, 6.45) is 6.17. The maximum atomic E-state index is 14.5. The SMILES string of the molecule is CCCCN(C(=O)C(Cc1ccc(O)cc1)NC(=O)OC(C)(C)C)C(C(=O)NC1CCCCC1)c1ccc(C)c(C)c1. The average Bonchev–Trinajstić information content (AvgIpc) is 2.92. The van der Waals surface area contributed by atoms with Crippen molar-refractivity contribution in [3.8, 4) is 5.75 Å². The lowest BCUT2D eigenvalue weighted by Gasteiger charge is -2.36. The number of alkyl carbamates (subject to hydrolysis) is 1. The number of hydrogen-bond donors (Lipinski definition) is 3. The van der Waals surface area contributed by atoms with Crippen molar-refractivity contribution in [2.75, 3.05) is 6.54 Å². The van der Waals surface area contributed by atoms with Gasteiger partial charge in [0.2, 0.25) is 11.8 Å². The van der Waals surface area contributed by atoms with Crippen molar-refractivity contribution in [3.05, 3.63) is 64.7 Å². The minimum absolute atomic E-state index is 0.0797. The van der Waals surface area contributed by atoms with Crippen molar-refractivity contribution < 1.29 is 24.2 Å². The Hall–Kier alpha value is -3.55. The Morgan fingerprint density at radius 2 is 1.67 bits per heavy atom. The summed E-state index contributed by atoms with van der Waals surface area (Å²) in [6, 6.07) is 10.7. The Bertz CT molecular complexity index is 1200. The summed E-state index contributed by atoms with van der Waals surface area (Å²) in [5.41, 5.74) is 2.90. The van der Waals surface area contributed by atoms with E-state index < -0.39 is 23.8 Å². The van der Waals surface area contributed by atoms with E-state index in [4.69, 9.17) is 4.74 Å². The molecule has 0 aromatic heterocycles. The third-order valence-electron chi connectivity index (χ3n) is 7.76. The molecule has 0 bridgehead atoms. The standard InChI is InChI=1S/C34H49N3O5/c1-7-8-20-37(30(26-17-14-23(2)24(3)21-26)31(39)35-27-12-10-9-11-13-27)32(40)29(36-33(41)42-34(4,5)6)22-25-15-18-28(38)19-16-25/h14-19,21,27,29-30,38H,7-13,20,22H2,1-6H3,(H,35,39)(H,36,41). The van der Waals surface area contributed by atoms with Crippen LogP contribution in [0.4, 0.5) is 4.79 Å². The molecule has 0 radical (unpaired) electrons. The van der Waals surface area contributed by atoms with Crippen molar-refractivity contribution in [1.29, 1.82) is 0 Å². The van der Waals surface area contributed by atoms with Crippen LogP contribution in [0.5, 0.6) is 5.75 Å². The van der Waals surface area contributed by atoms with Crippen LogP contribution in [0.2, 0.25) is 0 Å². The van der Waals surface area contributed by atoms with E-state index in [1.807, 2.05) is 39.0 Å². The number of aromatic hydroxyl groups is 1. The van der Waals surface area contributed by atoms with E-state index in [0.29, 0.717) is 13.0 Å². The van der Waals surface area contributed by atoms with Gasteiger partial charge < -0.3 is 25.4 Å². The van der Waals surface area contributed by atoms with E-state index in [-0.39, 0.29) is 30.0 Å². The van der Waals surface area contributed by atoms with Crippen molar-refractivity contribution in [3.63, 3.8) is 0 Å². The number of carbonyl (C=O) groups excluding carboxylic acids is 3. The number of amides is 3. The lowest BCUT2D eigenvalue weighted by atomic mass is 9.93. The number of unbranched alkanes of at least 4 members (excludes halogenated alkanes) is 1. The van der Waals surface area contributed by atoms with Crippen LogP contribution in [0.1, 0.15) is 101 Å². The molecule has 3 N–H and O–H groups in total. The minimum Gasteiger partial charge on any atom is -0.508 e. The van der Waals surface area contributed by atoms with Gasteiger partial charge in [0.15, 0.2) is 0 Å². The number of rotatable bonds is 11. The number of carbonyl (C=O) groups is 3.